The third-order valence-corrected chi connectivity index (χ3v) is 3.34. The van der Waals surface area contributed by atoms with E-state index in [9.17, 15) is 4.79 Å². The number of oxime groups is 1. The molecule has 2 rings (SSSR count). The highest BCUT2D eigenvalue weighted by atomic mass is 16.4. The monoisotopic (exact) mass is 247 g/mol. The Balaban J connectivity index is 1.97. The van der Waals surface area contributed by atoms with Crippen molar-refractivity contribution in [2.75, 3.05) is 0 Å². The lowest BCUT2D eigenvalue weighted by Crippen LogP contribution is -2.45. The molecule has 0 spiro atoms. The standard InChI is InChI=1S/C13H17N3O2/c1-8(12(14)16-18)15-13(17)11-6-9-4-2-3-5-10(9)7-11/h2-5,8,11,18H,6-7H2,1H3,(H2,14,16)(H,15,17). The van der Waals surface area contributed by atoms with E-state index >= 15 is 0 Å². The summed E-state index contributed by atoms with van der Waals surface area (Å²) in [5.74, 6) is -0.0968. The van der Waals surface area contributed by atoms with Crippen LogP contribution in [-0.4, -0.2) is 23.0 Å². The first-order valence-electron chi connectivity index (χ1n) is 5.96. The van der Waals surface area contributed by atoms with E-state index in [1.165, 1.54) is 11.1 Å². The van der Waals surface area contributed by atoms with Gasteiger partial charge >= 0.3 is 0 Å². The Bertz CT molecular complexity index is 460. The Hall–Kier alpha value is -2.04. The van der Waals surface area contributed by atoms with Crippen LogP contribution in [0.1, 0.15) is 18.1 Å². The van der Waals surface area contributed by atoms with Gasteiger partial charge in [0.2, 0.25) is 5.91 Å². The Morgan fingerprint density at radius 2 is 2.00 bits per heavy atom. The SMILES string of the molecule is CC(NC(=O)C1Cc2ccccc2C1)/C(N)=N/O. The molecule has 4 N–H and O–H groups in total. The average molecular weight is 247 g/mol. The van der Waals surface area contributed by atoms with Crippen molar-refractivity contribution >= 4 is 11.7 Å². The Labute approximate surface area is 106 Å². The smallest absolute Gasteiger partial charge is 0.224 e. The van der Waals surface area contributed by atoms with Gasteiger partial charge in [0.1, 0.15) is 0 Å². The Kier molecular flexibility index (Phi) is 3.50. The molecule has 1 unspecified atom stereocenters. The lowest BCUT2D eigenvalue weighted by atomic mass is 10.1. The molecule has 1 aliphatic carbocycles. The van der Waals surface area contributed by atoms with Crippen LogP contribution >= 0.6 is 0 Å². The van der Waals surface area contributed by atoms with Crippen molar-refractivity contribution in [3.63, 3.8) is 0 Å². The Morgan fingerprint density at radius 3 is 2.50 bits per heavy atom. The summed E-state index contributed by atoms with van der Waals surface area (Å²) in [7, 11) is 0. The van der Waals surface area contributed by atoms with Crippen LogP contribution in [0.4, 0.5) is 0 Å². The molecule has 0 aromatic heterocycles. The van der Waals surface area contributed by atoms with E-state index in [0.29, 0.717) is 0 Å². The third kappa shape index (κ3) is 2.45. The molecule has 0 saturated carbocycles. The minimum absolute atomic E-state index is 0.0128. The number of amidine groups is 1. The summed E-state index contributed by atoms with van der Waals surface area (Å²) >= 11 is 0. The second kappa shape index (κ2) is 5.08. The van der Waals surface area contributed by atoms with Gasteiger partial charge in [0.05, 0.1) is 6.04 Å². The molecular weight excluding hydrogens is 230 g/mol. The molecule has 5 heteroatoms. The molecule has 0 fully saturated rings. The van der Waals surface area contributed by atoms with Gasteiger partial charge in [0, 0.05) is 5.92 Å². The summed E-state index contributed by atoms with van der Waals surface area (Å²) in [5, 5.41) is 14.2. The van der Waals surface area contributed by atoms with E-state index in [2.05, 4.69) is 22.6 Å². The van der Waals surface area contributed by atoms with Crippen molar-refractivity contribution in [3.8, 4) is 0 Å². The molecule has 0 heterocycles. The van der Waals surface area contributed by atoms with Crippen molar-refractivity contribution in [1.29, 1.82) is 0 Å². The van der Waals surface area contributed by atoms with Crippen molar-refractivity contribution in [2.45, 2.75) is 25.8 Å². The molecular formula is C13H17N3O2. The number of hydrogen-bond acceptors (Lipinski definition) is 3. The number of carbonyl (C=O) groups excluding carboxylic acids is 1. The molecule has 1 atom stereocenters. The molecule has 5 nitrogen and oxygen atoms in total. The van der Waals surface area contributed by atoms with Crippen molar-refractivity contribution in [3.05, 3.63) is 35.4 Å². The summed E-state index contributed by atoms with van der Waals surface area (Å²) in [6, 6.07) is 7.62. The van der Waals surface area contributed by atoms with Crippen molar-refractivity contribution < 1.29 is 10.0 Å². The highest BCUT2D eigenvalue weighted by Crippen LogP contribution is 2.26. The van der Waals surface area contributed by atoms with Gasteiger partial charge in [-0.2, -0.15) is 0 Å². The fourth-order valence-electron chi connectivity index (χ4n) is 2.24. The highest BCUT2D eigenvalue weighted by Gasteiger charge is 2.28. The molecule has 0 aliphatic heterocycles. The normalized spacial score (nSPS) is 17.3. The van der Waals surface area contributed by atoms with Crippen molar-refractivity contribution in [1.82, 2.24) is 5.32 Å². The van der Waals surface area contributed by atoms with Gasteiger partial charge in [-0.1, -0.05) is 29.4 Å². The maximum atomic E-state index is 12.0. The number of benzene rings is 1. The average Bonchev–Trinajstić information content (AvgIpc) is 2.81. The summed E-state index contributed by atoms with van der Waals surface area (Å²) < 4.78 is 0. The quantitative estimate of drug-likeness (QED) is 0.317. The van der Waals surface area contributed by atoms with E-state index in [-0.39, 0.29) is 17.7 Å². The lowest BCUT2D eigenvalue weighted by Gasteiger charge is -2.15. The fourth-order valence-corrected chi connectivity index (χ4v) is 2.24. The molecule has 18 heavy (non-hydrogen) atoms. The number of nitrogens with one attached hydrogen (secondary N) is 1. The first kappa shape index (κ1) is 12.4. The minimum atomic E-state index is -0.453. The van der Waals surface area contributed by atoms with Gasteiger partial charge in [-0.05, 0) is 30.9 Å². The molecule has 1 aliphatic rings. The molecule has 0 bridgehead atoms. The summed E-state index contributed by atoms with van der Waals surface area (Å²) in [5.41, 5.74) is 7.89. The molecule has 0 saturated heterocycles. The number of carbonyl (C=O) groups is 1. The molecule has 96 valence electrons. The number of hydrogen-bond donors (Lipinski definition) is 3. The van der Waals surface area contributed by atoms with Crippen LogP contribution in [0.5, 0.6) is 0 Å². The van der Waals surface area contributed by atoms with Gasteiger partial charge in [-0.25, -0.2) is 0 Å². The molecule has 0 radical (unpaired) electrons. The second-order valence-corrected chi connectivity index (χ2v) is 4.63. The van der Waals surface area contributed by atoms with Crippen LogP contribution in [0, 0.1) is 5.92 Å². The van der Waals surface area contributed by atoms with Gasteiger partial charge < -0.3 is 16.3 Å². The van der Waals surface area contributed by atoms with E-state index in [4.69, 9.17) is 10.9 Å². The first-order chi connectivity index (χ1) is 8.61. The maximum absolute atomic E-state index is 12.0. The van der Waals surface area contributed by atoms with Gasteiger partial charge in [0.25, 0.3) is 0 Å². The topological polar surface area (TPSA) is 87.7 Å². The summed E-state index contributed by atoms with van der Waals surface area (Å²) in [4.78, 5) is 12.0. The van der Waals surface area contributed by atoms with E-state index in [1.807, 2.05) is 12.1 Å². The molecule has 1 aromatic carbocycles. The maximum Gasteiger partial charge on any atom is 0.224 e. The largest absolute Gasteiger partial charge is 0.409 e. The van der Waals surface area contributed by atoms with E-state index in [0.717, 1.165) is 12.8 Å². The van der Waals surface area contributed by atoms with E-state index < -0.39 is 6.04 Å². The van der Waals surface area contributed by atoms with Crippen LogP contribution in [0.25, 0.3) is 0 Å². The van der Waals surface area contributed by atoms with Gasteiger partial charge in [-0.3, -0.25) is 4.79 Å². The lowest BCUT2D eigenvalue weighted by molar-refractivity contribution is -0.124. The Morgan fingerprint density at radius 1 is 1.44 bits per heavy atom. The zero-order valence-corrected chi connectivity index (χ0v) is 10.3. The van der Waals surface area contributed by atoms with Crippen LogP contribution in [-0.2, 0) is 17.6 Å². The zero-order chi connectivity index (χ0) is 13.1. The molecule has 1 aromatic rings. The van der Waals surface area contributed by atoms with Crippen LogP contribution < -0.4 is 11.1 Å². The van der Waals surface area contributed by atoms with E-state index in [1.54, 1.807) is 6.92 Å². The first-order valence-corrected chi connectivity index (χ1v) is 5.96. The van der Waals surface area contributed by atoms with Crippen LogP contribution in [0.15, 0.2) is 29.4 Å². The number of nitrogens with zero attached hydrogens (tertiary/aromatic N) is 1. The third-order valence-electron chi connectivity index (χ3n) is 3.34. The summed E-state index contributed by atoms with van der Waals surface area (Å²) in [6.07, 6.45) is 1.51. The van der Waals surface area contributed by atoms with Crippen LogP contribution in [0.3, 0.4) is 0 Å². The van der Waals surface area contributed by atoms with Gasteiger partial charge in [0.15, 0.2) is 5.84 Å². The number of nitrogens with two attached hydrogens (primary N) is 1. The number of amides is 1. The number of fused-ring (bicyclic) bond motifs is 1. The van der Waals surface area contributed by atoms with Gasteiger partial charge in [-0.15, -0.1) is 0 Å². The predicted molar refractivity (Wildman–Crippen MR) is 68.4 cm³/mol. The summed E-state index contributed by atoms with van der Waals surface area (Å²) in [6.45, 7) is 1.69. The fraction of sp³-hybridized carbons (Fsp3) is 0.385. The van der Waals surface area contributed by atoms with Crippen LogP contribution in [0.2, 0.25) is 0 Å². The zero-order valence-electron chi connectivity index (χ0n) is 10.3. The van der Waals surface area contributed by atoms with Crippen molar-refractivity contribution in [2.24, 2.45) is 16.8 Å². The predicted octanol–water partition coefficient (Wildman–Crippen LogP) is 0.652. The highest BCUT2D eigenvalue weighted by molar-refractivity contribution is 5.90. The molecule has 1 amide bonds. The second-order valence-electron chi connectivity index (χ2n) is 4.63. The minimum Gasteiger partial charge on any atom is -0.409 e. The number of rotatable bonds is 3.